The molecule has 0 amide bonds. The van der Waals surface area contributed by atoms with E-state index in [1.807, 2.05) is 0 Å². The molecule has 2 aliphatic carbocycles. The highest BCUT2D eigenvalue weighted by Gasteiger charge is 2.41. The molecule has 9 aromatic carbocycles. The summed E-state index contributed by atoms with van der Waals surface area (Å²) in [5, 5.41) is 2.71. The Morgan fingerprint density at radius 2 is 0.918 bits per heavy atom. The highest BCUT2D eigenvalue weighted by molar-refractivity contribution is 6.05. The fourth-order valence-electron chi connectivity index (χ4n) is 10.8. The van der Waals surface area contributed by atoms with Gasteiger partial charge in [0, 0.05) is 22.1 Å². The molecular weight excluding hydrogens is 735 g/mol. The van der Waals surface area contributed by atoms with Gasteiger partial charge in [0.15, 0.2) is 0 Å². The first-order chi connectivity index (χ1) is 30.2. The van der Waals surface area contributed by atoms with Gasteiger partial charge in [0.2, 0.25) is 0 Å². The quantitative estimate of drug-likeness (QED) is 0.148. The third-order valence-corrected chi connectivity index (χ3v) is 13.8. The Hall–Kier alpha value is -6.96. The number of hydrogen-bond acceptors (Lipinski definition) is 1. The van der Waals surface area contributed by atoms with E-state index in [0.717, 1.165) is 17.1 Å². The van der Waals surface area contributed by atoms with Gasteiger partial charge in [-0.25, -0.2) is 0 Å². The summed E-state index contributed by atoms with van der Waals surface area (Å²) in [5.74, 6) is 0.578. The highest BCUT2D eigenvalue weighted by Crippen LogP contribution is 2.55. The van der Waals surface area contributed by atoms with Gasteiger partial charge >= 0.3 is 0 Å². The van der Waals surface area contributed by atoms with Gasteiger partial charge < -0.3 is 4.90 Å². The minimum atomic E-state index is -0.297. The van der Waals surface area contributed by atoms with Crippen LogP contribution in [-0.2, 0) is 5.41 Å². The summed E-state index contributed by atoms with van der Waals surface area (Å²) in [4.78, 5) is 2.55. The van der Waals surface area contributed by atoms with Gasteiger partial charge in [0.1, 0.15) is 0 Å². The summed E-state index contributed by atoms with van der Waals surface area (Å²) < 4.78 is 0. The molecule has 0 saturated heterocycles. The summed E-state index contributed by atoms with van der Waals surface area (Å²) in [6, 6.07) is 79.1. The first kappa shape index (κ1) is 37.1. The Bertz CT molecular complexity index is 3020. The van der Waals surface area contributed by atoms with E-state index in [2.05, 4.69) is 224 Å². The third-order valence-electron chi connectivity index (χ3n) is 13.8. The van der Waals surface area contributed by atoms with E-state index in [9.17, 15) is 0 Å². The largest absolute Gasteiger partial charge is 0.309 e. The smallest absolute Gasteiger partial charge is 0.0540 e. The molecule has 0 N–H and O–H groups in total. The molecule has 1 nitrogen and oxygen atoms in total. The van der Waals surface area contributed by atoms with Crippen molar-refractivity contribution in [1.82, 2.24) is 0 Å². The zero-order valence-electron chi connectivity index (χ0n) is 34.8. The summed E-state index contributed by atoms with van der Waals surface area (Å²) in [7, 11) is 0. The van der Waals surface area contributed by atoms with Crippen LogP contribution < -0.4 is 4.90 Å². The highest BCUT2D eigenvalue weighted by atomic mass is 15.1. The lowest BCUT2D eigenvalue weighted by Gasteiger charge is -2.32. The summed E-state index contributed by atoms with van der Waals surface area (Å²) in [6.45, 7) is 2.41. The number of para-hydroxylation sites is 3. The van der Waals surface area contributed by atoms with E-state index < -0.39 is 0 Å². The van der Waals surface area contributed by atoms with E-state index >= 15 is 0 Å². The lowest BCUT2D eigenvalue weighted by Crippen LogP contribution is -2.22. The van der Waals surface area contributed by atoms with Crippen molar-refractivity contribution in [3.8, 4) is 44.5 Å². The van der Waals surface area contributed by atoms with Gasteiger partial charge in [-0.05, 0) is 111 Å². The molecule has 0 aliphatic heterocycles. The molecule has 1 saturated carbocycles. The molecule has 61 heavy (non-hydrogen) atoms. The average Bonchev–Trinajstić information content (AvgIpc) is 3.60. The van der Waals surface area contributed by atoms with Crippen molar-refractivity contribution in [3.05, 3.63) is 235 Å². The van der Waals surface area contributed by atoms with Gasteiger partial charge in [-0.15, -0.1) is 0 Å². The Morgan fingerprint density at radius 3 is 1.62 bits per heavy atom. The maximum Gasteiger partial charge on any atom is 0.0540 e. The van der Waals surface area contributed by atoms with Gasteiger partial charge in [-0.3, -0.25) is 0 Å². The molecular formula is C60H49N. The Morgan fingerprint density at radius 1 is 0.393 bits per heavy atom. The van der Waals surface area contributed by atoms with Crippen molar-refractivity contribution in [2.75, 3.05) is 4.90 Å². The maximum absolute atomic E-state index is 2.55. The van der Waals surface area contributed by atoms with E-state index in [4.69, 9.17) is 0 Å². The second-order valence-corrected chi connectivity index (χ2v) is 17.1. The van der Waals surface area contributed by atoms with E-state index in [1.54, 1.807) is 0 Å². The molecule has 9 aromatic rings. The molecule has 0 aromatic heterocycles. The van der Waals surface area contributed by atoms with Crippen LogP contribution >= 0.6 is 0 Å². The van der Waals surface area contributed by atoms with Crippen LogP contribution in [0.3, 0.4) is 0 Å². The minimum absolute atomic E-state index is 0.297. The SMILES string of the molecule is CC1(c2ccccc2)c2ccccc2-c2ccc(-c3ccccc3N(c3ccccc3-c3ccccc3)c3ccccc3-c3cccc4cccc(C5CCCCC5)c34)cc21. The number of hydrogen-bond donors (Lipinski definition) is 0. The van der Waals surface area contributed by atoms with E-state index in [0.29, 0.717) is 5.92 Å². The van der Waals surface area contributed by atoms with Crippen molar-refractivity contribution >= 4 is 27.8 Å². The van der Waals surface area contributed by atoms with Crippen LogP contribution in [0.2, 0.25) is 0 Å². The van der Waals surface area contributed by atoms with Crippen molar-refractivity contribution in [3.63, 3.8) is 0 Å². The number of rotatable bonds is 8. The van der Waals surface area contributed by atoms with Crippen LogP contribution in [0.25, 0.3) is 55.3 Å². The standard InChI is InChI=1S/C60H49N/c1-60(46-27-9-4-10-28-46)54-35-15-11-31-50(54)51-40-39-45(41-55(51)60)48-30-13-17-37-57(48)61(56-36-16-12-29-47(56)42-21-5-2-6-22-42)58-38-18-14-32-52(58)53-34-20-26-44-25-19-33-49(59(44)53)43-23-7-3-8-24-43/h2,4-6,9-22,25-41,43H,3,7-8,23-24H2,1H3. The first-order valence-electron chi connectivity index (χ1n) is 22.1. The molecule has 0 spiro atoms. The van der Waals surface area contributed by atoms with Gasteiger partial charge in [-0.1, -0.05) is 207 Å². The first-order valence-corrected chi connectivity index (χ1v) is 22.1. The van der Waals surface area contributed by atoms with Crippen molar-refractivity contribution in [2.24, 2.45) is 0 Å². The zero-order valence-corrected chi connectivity index (χ0v) is 34.8. The Balaban J connectivity index is 1.16. The van der Waals surface area contributed by atoms with E-state index in [1.165, 1.54) is 110 Å². The normalized spacial score (nSPS) is 16.0. The molecule has 1 atom stereocenters. The van der Waals surface area contributed by atoms with Crippen LogP contribution in [0.15, 0.2) is 212 Å². The number of benzene rings is 9. The second-order valence-electron chi connectivity index (χ2n) is 17.1. The van der Waals surface area contributed by atoms with Crippen molar-refractivity contribution in [1.29, 1.82) is 0 Å². The number of fused-ring (bicyclic) bond motifs is 4. The zero-order chi connectivity index (χ0) is 40.8. The molecule has 294 valence electrons. The summed E-state index contributed by atoms with van der Waals surface area (Å²) >= 11 is 0. The molecule has 2 aliphatic rings. The second kappa shape index (κ2) is 15.6. The van der Waals surface area contributed by atoms with Gasteiger partial charge in [0.05, 0.1) is 17.1 Å². The predicted octanol–water partition coefficient (Wildman–Crippen LogP) is 16.7. The molecule has 11 rings (SSSR count). The van der Waals surface area contributed by atoms with Crippen molar-refractivity contribution in [2.45, 2.75) is 50.4 Å². The lowest BCUT2D eigenvalue weighted by atomic mass is 9.74. The van der Waals surface area contributed by atoms with Crippen LogP contribution in [0.1, 0.15) is 67.2 Å². The van der Waals surface area contributed by atoms with Crippen LogP contribution in [0.4, 0.5) is 17.1 Å². The third kappa shape index (κ3) is 6.30. The minimum Gasteiger partial charge on any atom is -0.309 e. The Kier molecular flexibility index (Phi) is 9.46. The maximum atomic E-state index is 2.55. The average molecular weight is 784 g/mol. The summed E-state index contributed by atoms with van der Waals surface area (Å²) in [6.07, 6.45) is 6.47. The van der Waals surface area contributed by atoms with Gasteiger partial charge in [0.25, 0.3) is 0 Å². The lowest BCUT2D eigenvalue weighted by molar-refractivity contribution is 0.445. The predicted molar refractivity (Wildman–Crippen MR) is 258 cm³/mol. The Labute approximate surface area is 360 Å². The molecule has 1 fully saturated rings. The van der Waals surface area contributed by atoms with Crippen LogP contribution in [0, 0.1) is 0 Å². The molecule has 0 heterocycles. The van der Waals surface area contributed by atoms with Crippen molar-refractivity contribution < 1.29 is 0 Å². The van der Waals surface area contributed by atoms with E-state index in [-0.39, 0.29) is 5.41 Å². The summed E-state index contributed by atoms with van der Waals surface area (Å²) in [5.41, 5.74) is 18.6. The molecule has 0 radical (unpaired) electrons. The van der Waals surface area contributed by atoms with Gasteiger partial charge in [-0.2, -0.15) is 0 Å². The number of nitrogens with zero attached hydrogens (tertiary/aromatic N) is 1. The molecule has 1 unspecified atom stereocenters. The topological polar surface area (TPSA) is 3.24 Å². The fraction of sp³-hybridized carbons (Fsp3) is 0.133. The monoisotopic (exact) mass is 783 g/mol. The van der Waals surface area contributed by atoms with Crippen LogP contribution in [0.5, 0.6) is 0 Å². The van der Waals surface area contributed by atoms with Crippen LogP contribution in [-0.4, -0.2) is 0 Å². The fourth-order valence-corrected chi connectivity index (χ4v) is 10.8. The number of anilines is 3. The molecule has 1 heteroatoms. The molecule has 0 bridgehead atoms.